The second kappa shape index (κ2) is 5.99. The molecule has 0 spiro atoms. The molecule has 112 valence electrons. The first-order chi connectivity index (χ1) is 9.90. The summed E-state index contributed by atoms with van der Waals surface area (Å²) in [5, 5.41) is 9.80. The predicted molar refractivity (Wildman–Crippen MR) is 84.1 cm³/mol. The number of carbonyl (C=O) groups excluding carboxylic acids is 1. The third-order valence-corrected chi connectivity index (χ3v) is 3.55. The van der Waals surface area contributed by atoms with Crippen LogP contribution in [0.1, 0.15) is 60.0 Å². The van der Waals surface area contributed by atoms with Gasteiger partial charge < -0.3 is 11.1 Å². The van der Waals surface area contributed by atoms with Gasteiger partial charge in [-0.2, -0.15) is 5.10 Å². The maximum atomic E-state index is 12.3. The summed E-state index contributed by atoms with van der Waals surface area (Å²) in [4.78, 5) is 12.3. The monoisotopic (exact) mass is 286 g/mol. The molecule has 2 rings (SSSR count). The van der Waals surface area contributed by atoms with Crippen LogP contribution in [0.5, 0.6) is 0 Å². The molecule has 0 bridgehead atoms. The fourth-order valence-corrected chi connectivity index (χ4v) is 2.18. The molecule has 5 heteroatoms. The molecule has 0 aliphatic rings. The summed E-state index contributed by atoms with van der Waals surface area (Å²) < 4.78 is 0. The maximum Gasteiger partial charge on any atom is 0.274 e. The fourth-order valence-electron chi connectivity index (χ4n) is 2.18. The van der Waals surface area contributed by atoms with Gasteiger partial charge in [-0.25, -0.2) is 0 Å². The van der Waals surface area contributed by atoms with E-state index in [0.717, 1.165) is 11.3 Å². The lowest BCUT2D eigenvalue weighted by atomic mass is 10.1. The SMILES string of the molecule is Cc1ccc(C(C)NC(=O)c2n[nH]c(C(C)C)c2N)cc1. The van der Waals surface area contributed by atoms with Gasteiger partial charge in [-0.3, -0.25) is 9.89 Å². The lowest BCUT2D eigenvalue weighted by Gasteiger charge is -2.14. The summed E-state index contributed by atoms with van der Waals surface area (Å²) >= 11 is 0. The van der Waals surface area contributed by atoms with E-state index < -0.39 is 0 Å². The van der Waals surface area contributed by atoms with Gasteiger partial charge in [-0.05, 0) is 25.3 Å². The van der Waals surface area contributed by atoms with Gasteiger partial charge in [-0.1, -0.05) is 43.7 Å². The number of aromatic nitrogens is 2. The number of amides is 1. The number of aromatic amines is 1. The number of nitrogens with zero attached hydrogens (tertiary/aromatic N) is 1. The minimum atomic E-state index is -0.260. The molecule has 21 heavy (non-hydrogen) atoms. The van der Waals surface area contributed by atoms with Crippen molar-refractivity contribution < 1.29 is 4.79 Å². The molecule has 1 heterocycles. The van der Waals surface area contributed by atoms with Crippen LogP contribution in [0, 0.1) is 6.92 Å². The zero-order valence-corrected chi connectivity index (χ0v) is 12.9. The molecule has 2 aromatic rings. The molecule has 1 aromatic heterocycles. The Labute approximate surface area is 124 Å². The van der Waals surface area contributed by atoms with Gasteiger partial charge in [0.15, 0.2) is 5.69 Å². The Hall–Kier alpha value is -2.30. The average molecular weight is 286 g/mol. The summed E-state index contributed by atoms with van der Waals surface area (Å²) in [6.07, 6.45) is 0. The number of H-pyrrole nitrogens is 1. The number of rotatable bonds is 4. The standard InChI is InChI=1S/C16H22N4O/c1-9(2)14-13(17)15(20-19-14)16(21)18-11(4)12-7-5-10(3)6-8-12/h5-9,11H,17H2,1-4H3,(H,18,21)(H,19,20). The first kappa shape index (κ1) is 15.1. The zero-order chi connectivity index (χ0) is 15.6. The second-order valence-electron chi connectivity index (χ2n) is 5.66. The molecule has 0 aliphatic carbocycles. The van der Waals surface area contributed by atoms with Crippen LogP contribution in [0.4, 0.5) is 5.69 Å². The van der Waals surface area contributed by atoms with Crippen molar-refractivity contribution in [2.75, 3.05) is 5.73 Å². The van der Waals surface area contributed by atoms with Gasteiger partial charge in [-0.15, -0.1) is 0 Å². The maximum absolute atomic E-state index is 12.3. The number of hydrogen-bond acceptors (Lipinski definition) is 3. The van der Waals surface area contributed by atoms with Crippen LogP contribution in [0.3, 0.4) is 0 Å². The highest BCUT2D eigenvalue weighted by molar-refractivity contribution is 5.97. The molecule has 5 nitrogen and oxygen atoms in total. The first-order valence-corrected chi connectivity index (χ1v) is 7.11. The van der Waals surface area contributed by atoms with Crippen LogP contribution in [-0.4, -0.2) is 16.1 Å². The summed E-state index contributed by atoms with van der Waals surface area (Å²) in [5.74, 6) is -0.0581. The lowest BCUT2D eigenvalue weighted by Crippen LogP contribution is -2.27. The molecule has 0 fully saturated rings. The van der Waals surface area contributed by atoms with Gasteiger partial charge in [0.05, 0.1) is 17.4 Å². The predicted octanol–water partition coefficient (Wildman–Crippen LogP) is 2.91. The number of hydrogen-bond donors (Lipinski definition) is 3. The normalized spacial score (nSPS) is 12.4. The molecule has 1 unspecified atom stereocenters. The van der Waals surface area contributed by atoms with Gasteiger partial charge in [0, 0.05) is 0 Å². The van der Waals surface area contributed by atoms with Crippen molar-refractivity contribution in [1.29, 1.82) is 0 Å². The van der Waals surface area contributed by atoms with Crippen LogP contribution >= 0.6 is 0 Å². The molecule has 1 aromatic carbocycles. The van der Waals surface area contributed by atoms with E-state index in [1.165, 1.54) is 5.56 Å². The van der Waals surface area contributed by atoms with E-state index in [2.05, 4.69) is 15.5 Å². The van der Waals surface area contributed by atoms with E-state index in [1.807, 2.05) is 52.0 Å². The smallest absolute Gasteiger partial charge is 0.274 e. The van der Waals surface area contributed by atoms with E-state index in [4.69, 9.17) is 5.73 Å². The molecule has 1 amide bonds. The highest BCUT2D eigenvalue weighted by Crippen LogP contribution is 2.22. The molecule has 0 saturated heterocycles. The lowest BCUT2D eigenvalue weighted by molar-refractivity contribution is 0.0935. The first-order valence-electron chi connectivity index (χ1n) is 7.11. The van der Waals surface area contributed by atoms with E-state index >= 15 is 0 Å². The van der Waals surface area contributed by atoms with Gasteiger partial charge in [0.25, 0.3) is 5.91 Å². The van der Waals surface area contributed by atoms with Gasteiger partial charge in [0.2, 0.25) is 0 Å². The van der Waals surface area contributed by atoms with Gasteiger partial charge >= 0.3 is 0 Å². The van der Waals surface area contributed by atoms with Crippen LogP contribution in [0.15, 0.2) is 24.3 Å². The Morgan fingerprint density at radius 3 is 2.38 bits per heavy atom. The zero-order valence-electron chi connectivity index (χ0n) is 12.9. The van der Waals surface area contributed by atoms with Crippen molar-refractivity contribution in [3.8, 4) is 0 Å². The number of nitrogens with one attached hydrogen (secondary N) is 2. The average Bonchev–Trinajstić information content (AvgIpc) is 2.81. The van der Waals surface area contributed by atoms with Crippen LogP contribution in [0.25, 0.3) is 0 Å². The number of carbonyl (C=O) groups is 1. The fraction of sp³-hybridized carbons (Fsp3) is 0.375. The summed E-state index contributed by atoms with van der Waals surface area (Å²) in [7, 11) is 0. The number of anilines is 1. The number of aryl methyl sites for hydroxylation is 1. The Morgan fingerprint density at radius 1 is 1.24 bits per heavy atom. The highest BCUT2D eigenvalue weighted by atomic mass is 16.2. The van der Waals surface area contributed by atoms with Crippen molar-refractivity contribution in [3.63, 3.8) is 0 Å². The minimum Gasteiger partial charge on any atom is -0.395 e. The second-order valence-corrected chi connectivity index (χ2v) is 5.66. The molecule has 1 atom stereocenters. The third kappa shape index (κ3) is 3.24. The molecule has 0 radical (unpaired) electrons. The minimum absolute atomic E-state index is 0.100. The quantitative estimate of drug-likeness (QED) is 0.808. The van der Waals surface area contributed by atoms with Crippen molar-refractivity contribution >= 4 is 11.6 Å². The molecule has 4 N–H and O–H groups in total. The van der Waals surface area contributed by atoms with E-state index in [9.17, 15) is 4.79 Å². The van der Waals surface area contributed by atoms with E-state index in [-0.39, 0.29) is 23.6 Å². The molecular formula is C16H22N4O. The summed E-state index contributed by atoms with van der Waals surface area (Å²) in [6, 6.07) is 7.97. The molecule has 0 saturated carbocycles. The molecular weight excluding hydrogens is 264 g/mol. The van der Waals surface area contributed by atoms with E-state index in [1.54, 1.807) is 0 Å². The van der Waals surface area contributed by atoms with Crippen molar-refractivity contribution in [2.24, 2.45) is 0 Å². The number of benzene rings is 1. The number of nitrogen functional groups attached to an aromatic ring is 1. The largest absolute Gasteiger partial charge is 0.395 e. The van der Waals surface area contributed by atoms with Crippen molar-refractivity contribution in [2.45, 2.75) is 39.7 Å². The van der Waals surface area contributed by atoms with E-state index in [0.29, 0.717) is 5.69 Å². The topological polar surface area (TPSA) is 83.8 Å². The van der Waals surface area contributed by atoms with Crippen molar-refractivity contribution in [1.82, 2.24) is 15.5 Å². The van der Waals surface area contributed by atoms with Gasteiger partial charge in [0.1, 0.15) is 0 Å². The Balaban J connectivity index is 2.12. The Morgan fingerprint density at radius 2 is 1.86 bits per heavy atom. The van der Waals surface area contributed by atoms with Crippen LogP contribution in [-0.2, 0) is 0 Å². The number of nitrogens with two attached hydrogens (primary N) is 1. The van der Waals surface area contributed by atoms with Crippen molar-refractivity contribution in [3.05, 3.63) is 46.8 Å². The summed E-state index contributed by atoms with van der Waals surface area (Å²) in [6.45, 7) is 7.97. The molecule has 0 aliphatic heterocycles. The highest BCUT2D eigenvalue weighted by Gasteiger charge is 2.20. The van der Waals surface area contributed by atoms with Crippen LogP contribution < -0.4 is 11.1 Å². The Kier molecular flexibility index (Phi) is 4.31. The van der Waals surface area contributed by atoms with Crippen LogP contribution in [0.2, 0.25) is 0 Å². The third-order valence-electron chi connectivity index (χ3n) is 3.55. The Bertz CT molecular complexity index is 628. The summed E-state index contributed by atoms with van der Waals surface area (Å²) in [5.41, 5.74) is 9.71.